The largest absolute Gasteiger partial charge is 0.496 e. The quantitative estimate of drug-likeness (QED) is 0.555. The first-order valence-corrected chi connectivity index (χ1v) is 9.21. The van der Waals surface area contributed by atoms with E-state index in [1.54, 1.807) is 13.2 Å². The number of nitrogens with zero attached hydrogens (tertiary/aromatic N) is 4. The number of methoxy groups -OCH3 is 1. The zero-order chi connectivity index (χ0) is 19.8. The summed E-state index contributed by atoms with van der Waals surface area (Å²) in [6.45, 7) is 5.97. The first-order chi connectivity index (χ1) is 13.5. The molecule has 0 spiro atoms. The Labute approximate surface area is 163 Å². The van der Waals surface area contributed by atoms with Crippen molar-refractivity contribution < 1.29 is 9.84 Å². The maximum Gasteiger partial charge on any atom is 0.215 e. The molecule has 0 saturated carbocycles. The molecule has 3 aromatic heterocycles. The molecule has 7 heteroatoms. The summed E-state index contributed by atoms with van der Waals surface area (Å²) >= 11 is 0. The molecule has 144 valence electrons. The Kier molecular flexibility index (Phi) is 4.50. The SMILES string of the molecule is COc1ccccc1-c1nn2c(O)cc(CCc3c(C)n[nH]c3C)nc2c1C. The molecule has 28 heavy (non-hydrogen) atoms. The maximum absolute atomic E-state index is 10.5. The number of benzene rings is 1. The highest BCUT2D eigenvalue weighted by Gasteiger charge is 2.18. The van der Waals surface area contributed by atoms with Gasteiger partial charge in [-0.1, -0.05) is 12.1 Å². The Morgan fingerprint density at radius 2 is 1.93 bits per heavy atom. The highest BCUT2D eigenvalue weighted by atomic mass is 16.5. The second-order valence-electron chi connectivity index (χ2n) is 6.93. The predicted octanol–water partition coefficient (Wildman–Crippen LogP) is 3.54. The fourth-order valence-corrected chi connectivity index (χ4v) is 3.58. The van der Waals surface area contributed by atoms with Crippen LogP contribution in [0.15, 0.2) is 30.3 Å². The molecule has 0 aliphatic heterocycles. The van der Waals surface area contributed by atoms with Gasteiger partial charge in [0.15, 0.2) is 5.65 Å². The minimum Gasteiger partial charge on any atom is -0.496 e. The third kappa shape index (κ3) is 2.98. The number of aryl methyl sites for hydroxylation is 4. The Morgan fingerprint density at radius 3 is 2.64 bits per heavy atom. The lowest BCUT2D eigenvalue weighted by molar-refractivity contribution is 0.416. The summed E-state index contributed by atoms with van der Waals surface area (Å²) in [5, 5.41) is 22.4. The Hall–Kier alpha value is -3.35. The van der Waals surface area contributed by atoms with Gasteiger partial charge in [0.2, 0.25) is 5.88 Å². The summed E-state index contributed by atoms with van der Waals surface area (Å²) in [4.78, 5) is 4.77. The number of ether oxygens (including phenoxy) is 1. The molecule has 0 unspecified atom stereocenters. The second kappa shape index (κ2) is 6.99. The van der Waals surface area contributed by atoms with Crippen LogP contribution in [0.3, 0.4) is 0 Å². The molecule has 4 aromatic rings. The van der Waals surface area contributed by atoms with Gasteiger partial charge < -0.3 is 9.84 Å². The van der Waals surface area contributed by atoms with Crippen molar-refractivity contribution in [2.45, 2.75) is 33.6 Å². The first-order valence-electron chi connectivity index (χ1n) is 9.21. The van der Waals surface area contributed by atoms with Gasteiger partial charge in [-0.15, -0.1) is 0 Å². The van der Waals surface area contributed by atoms with E-state index in [1.807, 2.05) is 45.0 Å². The van der Waals surface area contributed by atoms with E-state index in [0.717, 1.165) is 46.1 Å². The molecule has 0 aliphatic rings. The molecule has 0 fully saturated rings. The van der Waals surface area contributed by atoms with E-state index < -0.39 is 0 Å². The molecular weight excluding hydrogens is 354 g/mol. The minimum atomic E-state index is 0.0740. The van der Waals surface area contributed by atoms with Gasteiger partial charge in [0, 0.05) is 28.6 Å². The van der Waals surface area contributed by atoms with Crippen LogP contribution in [0.2, 0.25) is 0 Å². The predicted molar refractivity (Wildman–Crippen MR) is 107 cm³/mol. The minimum absolute atomic E-state index is 0.0740. The number of hydrogen-bond acceptors (Lipinski definition) is 5. The molecule has 0 bridgehead atoms. The van der Waals surface area contributed by atoms with E-state index in [0.29, 0.717) is 12.1 Å². The number of hydrogen-bond donors (Lipinski definition) is 2. The topological polar surface area (TPSA) is 88.3 Å². The fraction of sp³-hybridized carbons (Fsp3) is 0.286. The van der Waals surface area contributed by atoms with Crippen molar-refractivity contribution in [2.75, 3.05) is 7.11 Å². The molecule has 3 heterocycles. The molecule has 0 saturated heterocycles. The van der Waals surface area contributed by atoms with E-state index in [1.165, 1.54) is 10.1 Å². The van der Waals surface area contributed by atoms with E-state index in [-0.39, 0.29) is 5.88 Å². The van der Waals surface area contributed by atoms with Crippen molar-refractivity contribution in [2.24, 2.45) is 0 Å². The third-order valence-electron chi connectivity index (χ3n) is 5.13. The zero-order valence-electron chi connectivity index (χ0n) is 16.4. The van der Waals surface area contributed by atoms with Crippen LogP contribution in [-0.2, 0) is 12.8 Å². The molecule has 4 rings (SSSR count). The third-order valence-corrected chi connectivity index (χ3v) is 5.13. The molecule has 0 atom stereocenters. The standard InChI is InChI=1S/C21H23N5O2/c1-12-20(17-7-5-6-8-18(17)28-4)25-26-19(27)11-15(22-21(12)26)9-10-16-13(2)23-24-14(16)3/h5-8,11,27H,9-10H2,1-4H3,(H,23,24). The zero-order valence-corrected chi connectivity index (χ0v) is 16.4. The second-order valence-corrected chi connectivity index (χ2v) is 6.93. The summed E-state index contributed by atoms with van der Waals surface area (Å²) in [6.07, 6.45) is 1.52. The van der Waals surface area contributed by atoms with E-state index >= 15 is 0 Å². The summed E-state index contributed by atoms with van der Waals surface area (Å²) in [6, 6.07) is 9.38. The average molecular weight is 377 g/mol. The Morgan fingerprint density at radius 1 is 1.14 bits per heavy atom. The summed E-state index contributed by atoms with van der Waals surface area (Å²) < 4.78 is 6.95. The number of rotatable bonds is 5. The van der Waals surface area contributed by atoms with E-state index in [9.17, 15) is 5.11 Å². The smallest absolute Gasteiger partial charge is 0.215 e. The van der Waals surface area contributed by atoms with Crippen molar-refractivity contribution in [1.29, 1.82) is 0 Å². The van der Waals surface area contributed by atoms with Gasteiger partial charge >= 0.3 is 0 Å². The summed E-state index contributed by atoms with van der Waals surface area (Å²) in [5.41, 5.74) is 7.26. The Balaban J connectivity index is 1.73. The van der Waals surface area contributed by atoms with Gasteiger partial charge in [-0.05, 0) is 51.3 Å². The lowest BCUT2D eigenvalue weighted by atomic mass is 10.1. The normalized spacial score (nSPS) is 11.3. The van der Waals surface area contributed by atoms with Crippen LogP contribution < -0.4 is 4.74 Å². The van der Waals surface area contributed by atoms with Crippen LogP contribution in [0.1, 0.15) is 28.2 Å². The molecule has 0 aliphatic carbocycles. The number of aromatic nitrogens is 5. The molecule has 2 N–H and O–H groups in total. The number of fused-ring (bicyclic) bond motifs is 1. The van der Waals surface area contributed by atoms with Crippen LogP contribution >= 0.6 is 0 Å². The van der Waals surface area contributed by atoms with E-state index in [2.05, 4.69) is 15.3 Å². The lowest BCUT2D eigenvalue weighted by Crippen LogP contribution is -2.00. The fourth-order valence-electron chi connectivity index (χ4n) is 3.58. The van der Waals surface area contributed by atoms with Gasteiger partial charge in [0.1, 0.15) is 11.4 Å². The van der Waals surface area contributed by atoms with Crippen LogP contribution in [0.5, 0.6) is 11.6 Å². The monoisotopic (exact) mass is 377 g/mol. The molecule has 0 amide bonds. The van der Waals surface area contributed by atoms with Crippen molar-refractivity contribution in [1.82, 2.24) is 24.8 Å². The highest BCUT2D eigenvalue weighted by molar-refractivity contribution is 5.75. The van der Waals surface area contributed by atoms with Crippen LogP contribution in [-0.4, -0.2) is 37.0 Å². The number of para-hydroxylation sites is 1. The molecular formula is C21H23N5O2. The number of nitrogens with one attached hydrogen (secondary N) is 1. The highest BCUT2D eigenvalue weighted by Crippen LogP contribution is 2.33. The average Bonchev–Trinajstić information content (AvgIpc) is 3.20. The molecule has 0 radical (unpaired) electrons. The van der Waals surface area contributed by atoms with Gasteiger partial charge in [-0.3, -0.25) is 5.10 Å². The van der Waals surface area contributed by atoms with Gasteiger partial charge in [0.05, 0.1) is 12.8 Å². The van der Waals surface area contributed by atoms with Crippen molar-refractivity contribution in [3.8, 4) is 22.9 Å². The van der Waals surface area contributed by atoms with Gasteiger partial charge in [-0.2, -0.15) is 14.7 Å². The first kappa shape index (κ1) is 18.0. The summed E-state index contributed by atoms with van der Waals surface area (Å²) in [7, 11) is 1.64. The van der Waals surface area contributed by atoms with Crippen LogP contribution in [0.25, 0.3) is 16.9 Å². The van der Waals surface area contributed by atoms with E-state index in [4.69, 9.17) is 9.72 Å². The van der Waals surface area contributed by atoms with Gasteiger partial charge in [0.25, 0.3) is 0 Å². The van der Waals surface area contributed by atoms with Crippen molar-refractivity contribution in [3.63, 3.8) is 0 Å². The van der Waals surface area contributed by atoms with Crippen LogP contribution in [0.4, 0.5) is 0 Å². The van der Waals surface area contributed by atoms with Gasteiger partial charge in [-0.25, -0.2) is 4.98 Å². The van der Waals surface area contributed by atoms with Crippen molar-refractivity contribution >= 4 is 5.65 Å². The maximum atomic E-state index is 10.5. The molecule has 7 nitrogen and oxygen atoms in total. The van der Waals surface area contributed by atoms with Crippen molar-refractivity contribution in [3.05, 3.63) is 58.5 Å². The summed E-state index contributed by atoms with van der Waals surface area (Å²) in [5.74, 6) is 0.810. The Bertz CT molecular complexity index is 1140. The number of aromatic amines is 1. The van der Waals surface area contributed by atoms with Crippen LogP contribution in [0, 0.1) is 20.8 Å². The lowest BCUT2D eigenvalue weighted by Gasteiger charge is -2.05. The number of aromatic hydroxyl groups is 1. The number of H-pyrrole nitrogens is 1. The molecule has 1 aromatic carbocycles.